The lowest BCUT2D eigenvalue weighted by atomic mass is 10.1. The Hall–Kier alpha value is -0.340. The van der Waals surface area contributed by atoms with Crippen molar-refractivity contribution in [3.63, 3.8) is 0 Å². The Balaban J connectivity index is 2.19. The molecule has 13 heavy (non-hydrogen) atoms. The van der Waals surface area contributed by atoms with Gasteiger partial charge in [-0.1, -0.05) is 13.8 Å². The first-order valence-electron chi connectivity index (χ1n) is 4.93. The van der Waals surface area contributed by atoms with E-state index in [0.29, 0.717) is 6.04 Å². The summed E-state index contributed by atoms with van der Waals surface area (Å²) in [6, 6.07) is 2.81. The third-order valence-electron chi connectivity index (χ3n) is 2.06. The molecular weight excluding hydrogens is 178 g/mol. The van der Waals surface area contributed by atoms with Gasteiger partial charge in [-0.3, -0.25) is 0 Å². The summed E-state index contributed by atoms with van der Waals surface area (Å²) in [6.45, 7) is 7.80. The van der Waals surface area contributed by atoms with Crippen molar-refractivity contribution in [2.24, 2.45) is 5.92 Å². The molecule has 0 radical (unpaired) electrons. The molecule has 74 valence electrons. The van der Waals surface area contributed by atoms with E-state index < -0.39 is 0 Å². The summed E-state index contributed by atoms with van der Waals surface area (Å²) < 4.78 is 0. The average molecular weight is 197 g/mol. The molecule has 1 rings (SSSR count). The fourth-order valence-corrected chi connectivity index (χ4v) is 2.14. The number of hydrogen-bond acceptors (Lipinski definition) is 2. The highest BCUT2D eigenvalue weighted by molar-refractivity contribution is 7.07. The quantitative estimate of drug-likeness (QED) is 0.764. The van der Waals surface area contributed by atoms with Crippen LogP contribution in [-0.4, -0.2) is 6.04 Å². The molecule has 1 atom stereocenters. The van der Waals surface area contributed by atoms with Crippen LogP contribution in [0.1, 0.15) is 32.8 Å². The maximum absolute atomic E-state index is 3.52. The molecule has 1 nitrogen and oxygen atoms in total. The van der Waals surface area contributed by atoms with Crippen LogP contribution in [0.3, 0.4) is 0 Å². The van der Waals surface area contributed by atoms with E-state index in [4.69, 9.17) is 0 Å². The topological polar surface area (TPSA) is 12.0 Å². The van der Waals surface area contributed by atoms with Crippen molar-refractivity contribution in [1.82, 2.24) is 5.32 Å². The van der Waals surface area contributed by atoms with Crippen LogP contribution in [0.2, 0.25) is 0 Å². The fraction of sp³-hybridized carbons (Fsp3) is 0.636. The molecule has 1 heterocycles. The van der Waals surface area contributed by atoms with Crippen molar-refractivity contribution >= 4 is 11.3 Å². The summed E-state index contributed by atoms with van der Waals surface area (Å²) in [4.78, 5) is 0. The zero-order valence-electron chi connectivity index (χ0n) is 8.71. The molecule has 0 bridgehead atoms. The van der Waals surface area contributed by atoms with Gasteiger partial charge in [0.05, 0.1) is 0 Å². The monoisotopic (exact) mass is 197 g/mol. The molecule has 0 aliphatic rings. The van der Waals surface area contributed by atoms with E-state index in [-0.39, 0.29) is 0 Å². The molecular formula is C11H19NS. The van der Waals surface area contributed by atoms with Crippen LogP contribution in [0.15, 0.2) is 16.8 Å². The van der Waals surface area contributed by atoms with Crippen LogP contribution < -0.4 is 5.32 Å². The van der Waals surface area contributed by atoms with Gasteiger partial charge in [-0.15, -0.1) is 0 Å². The minimum absolute atomic E-state index is 0.625. The van der Waals surface area contributed by atoms with E-state index in [1.165, 1.54) is 12.0 Å². The largest absolute Gasteiger partial charge is 0.310 e. The van der Waals surface area contributed by atoms with Crippen LogP contribution in [-0.2, 0) is 6.54 Å². The molecule has 0 aliphatic carbocycles. The number of thiophene rings is 1. The van der Waals surface area contributed by atoms with Crippen LogP contribution in [0, 0.1) is 5.92 Å². The summed E-state index contributed by atoms with van der Waals surface area (Å²) in [5, 5.41) is 7.86. The van der Waals surface area contributed by atoms with Crippen LogP contribution in [0.4, 0.5) is 0 Å². The third-order valence-corrected chi connectivity index (χ3v) is 2.79. The summed E-state index contributed by atoms with van der Waals surface area (Å²) in [5.41, 5.74) is 1.40. The first-order valence-corrected chi connectivity index (χ1v) is 5.87. The fourth-order valence-electron chi connectivity index (χ4n) is 1.48. The van der Waals surface area contributed by atoms with Crippen LogP contribution >= 0.6 is 11.3 Å². The predicted octanol–water partition coefficient (Wildman–Crippen LogP) is 3.27. The second-order valence-corrected chi connectivity index (χ2v) is 4.82. The maximum Gasteiger partial charge on any atom is 0.0216 e. The summed E-state index contributed by atoms with van der Waals surface area (Å²) in [7, 11) is 0. The van der Waals surface area contributed by atoms with E-state index >= 15 is 0 Å². The van der Waals surface area contributed by atoms with Crippen LogP contribution in [0.25, 0.3) is 0 Å². The van der Waals surface area contributed by atoms with Gasteiger partial charge in [0.2, 0.25) is 0 Å². The average Bonchev–Trinajstić information content (AvgIpc) is 2.51. The first-order chi connectivity index (χ1) is 6.18. The Morgan fingerprint density at radius 3 is 2.69 bits per heavy atom. The van der Waals surface area contributed by atoms with Gasteiger partial charge in [-0.2, -0.15) is 11.3 Å². The SMILES string of the molecule is CC(C)CC(C)NCc1ccsc1. The van der Waals surface area contributed by atoms with Gasteiger partial charge in [0.1, 0.15) is 0 Å². The predicted molar refractivity (Wildman–Crippen MR) is 60.1 cm³/mol. The van der Waals surface area contributed by atoms with Gasteiger partial charge in [0.25, 0.3) is 0 Å². The number of rotatable bonds is 5. The molecule has 1 unspecified atom stereocenters. The number of hydrogen-bond donors (Lipinski definition) is 1. The van der Waals surface area contributed by atoms with Crippen molar-refractivity contribution in [3.05, 3.63) is 22.4 Å². The molecule has 0 amide bonds. The van der Waals surface area contributed by atoms with E-state index in [9.17, 15) is 0 Å². The van der Waals surface area contributed by atoms with Crippen molar-refractivity contribution in [1.29, 1.82) is 0 Å². The van der Waals surface area contributed by atoms with Crippen LogP contribution in [0.5, 0.6) is 0 Å². The van der Waals surface area contributed by atoms with Gasteiger partial charge in [-0.25, -0.2) is 0 Å². The zero-order valence-corrected chi connectivity index (χ0v) is 9.53. The van der Waals surface area contributed by atoms with E-state index in [0.717, 1.165) is 12.5 Å². The van der Waals surface area contributed by atoms with Crippen molar-refractivity contribution in [2.75, 3.05) is 0 Å². The van der Waals surface area contributed by atoms with Gasteiger partial charge >= 0.3 is 0 Å². The van der Waals surface area contributed by atoms with Gasteiger partial charge in [0, 0.05) is 12.6 Å². The Morgan fingerprint density at radius 1 is 1.38 bits per heavy atom. The first kappa shape index (κ1) is 10.7. The molecule has 1 aromatic heterocycles. The second kappa shape index (κ2) is 5.40. The molecule has 2 heteroatoms. The Bertz CT molecular complexity index is 216. The lowest BCUT2D eigenvalue weighted by molar-refractivity contribution is 0.442. The normalized spacial score (nSPS) is 13.5. The van der Waals surface area contributed by atoms with Crippen molar-refractivity contribution in [2.45, 2.75) is 39.8 Å². The standard InChI is InChI=1S/C11H19NS/c1-9(2)6-10(3)12-7-11-4-5-13-8-11/h4-5,8-10,12H,6-7H2,1-3H3. The molecule has 0 saturated heterocycles. The van der Waals surface area contributed by atoms with E-state index in [2.05, 4.69) is 42.9 Å². The smallest absolute Gasteiger partial charge is 0.0216 e. The minimum Gasteiger partial charge on any atom is -0.310 e. The molecule has 0 fully saturated rings. The van der Waals surface area contributed by atoms with Gasteiger partial charge in [-0.05, 0) is 41.7 Å². The van der Waals surface area contributed by atoms with Crippen molar-refractivity contribution in [3.8, 4) is 0 Å². The highest BCUT2D eigenvalue weighted by atomic mass is 32.1. The molecule has 0 saturated carbocycles. The molecule has 1 N–H and O–H groups in total. The maximum atomic E-state index is 3.52. The van der Waals surface area contributed by atoms with Gasteiger partial charge < -0.3 is 5.32 Å². The second-order valence-electron chi connectivity index (χ2n) is 4.04. The molecule has 0 spiro atoms. The Kier molecular flexibility index (Phi) is 4.46. The van der Waals surface area contributed by atoms with E-state index in [1.54, 1.807) is 11.3 Å². The highest BCUT2D eigenvalue weighted by Gasteiger charge is 2.03. The molecule has 0 aliphatic heterocycles. The zero-order chi connectivity index (χ0) is 9.68. The minimum atomic E-state index is 0.625. The summed E-state index contributed by atoms with van der Waals surface area (Å²) in [6.07, 6.45) is 1.25. The number of nitrogens with one attached hydrogen (secondary N) is 1. The summed E-state index contributed by atoms with van der Waals surface area (Å²) in [5.74, 6) is 0.782. The van der Waals surface area contributed by atoms with E-state index in [1.807, 2.05) is 0 Å². The van der Waals surface area contributed by atoms with Crippen molar-refractivity contribution < 1.29 is 0 Å². The third kappa shape index (κ3) is 4.44. The summed E-state index contributed by atoms with van der Waals surface area (Å²) >= 11 is 1.77. The molecule has 0 aromatic carbocycles. The Labute approximate surface area is 85.2 Å². The lowest BCUT2D eigenvalue weighted by Crippen LogP contribution is -2.26. The van der Waals surface area contributed by atoms with Gasteiger partial charge in [0.15, 0.2) is 0 Å². The Morgan fingerprint density at radius 2 is 2.15 bits per heavy atom. The highest BCUT2D eigenvalue weighted by Crippen LogP contribution is 2.08. The lowest BCUT2D eigenvalue weighted by Gasteiger charge is -2.15. The molecule has 1 aromatic rings.